The Hall–Kier alpha value is -1.40. The van der Waals surface area contributed by atoms with Crippen molar-refractivity contribution < 1.29 is 0 Å². The van der Waals surface area contributed by atoms with E-state index in [4.69, 9.17) is 5.73 Å². The fraction of sp³-hybridized carbons (Fsp3) is 0.455. The normalized spacial score (nSPS) is 17.8. The van der Waals surface area contributed by atoms with Gasteiger partial charge < -0.3 is 15.5 Å². The maximum Gasteiger partial charge on any atom is 0.222 e. The van der Waals surface area contributed by atoms with Crippen LogP contribution in [0.25, 0.3) is 10.2 Å². The molecule has 2 aromatic heterocycles. The molecule has 90 valence electrons. The molecule has 3 rings (SSSR count). The fourth-order valence-electron chi connectivity index (χ4n) is 2.10. The summed E-state index contributed by atoms with van der Waals surface area (Å²) >= 11 is 1.68. The van der Waals surface area contributed by atoms with E-state index in [0.717, 1.165) is 42.2 Å². The van der Waals surface area contributed by atoms with Gasteiger partial charge in [-0.1, -0.05) is 0 Å². The number of fused-ring (bicyclic) bond motifs is 1. The van der Waals surface area contributed by atoms with Crippen LogP contribution in [0.15, 0.2) is 11.4 Å². The third kappa shape index (κ3) is 1.94. The van der Waals surface area contributed by atoms with Crippen molar-refractivity contribution in [1.82, 2.24) is 14.9 Å². The largest absolute Gasteiger partial charge is 0.368 e. The summed E-state index contributed by atoms with van der Waals surface area (Å²) in [6.07, 6.45) is 0. The van der Waals surface area contributed by atoms with Crippen LogP contribution in [0, 0.1) is 0 Å². The Labute approximate surface area is 104 Å². The molecule has 1 saturated heterocycles. The van der Waals surface area contributed by atoms with Gasteiger partial charge >= 0.3 is 0 Å². The number of likely N-dealkylation sites (N-methyl/N-ethyl adjacent to an activating group) is 1. The quantitative estimate of drug-likeness (QED) is 0.818. The van der Waals surface area contributed by atoms with Crippen LogP contribution in [0.3, 0.4) is 0 Å². The van der Waals surface area contributed by atoms with Crippen molar-refractivity contribution in [2.24, 2.45) is 0 Å². The molecule has 0 spiro atoms. The SMILES string of the molecule is CN1CCN(c2nc(N)nc3ccsc23)CC1. The van der Waals surface area contributed by atoms with E-state index in [-0.39, 0.29) is 0 Å². The van der Waals surface area contributed by atoms with E-state index in [9.17, 15) is 0 Å². The van der Waals surface area contributed by atoms with Crippen molar-refractivity contribution in [3.63, 3.8) is 0 Å². The Morgan fingerprint density at radius 1 is 1.24 bits per heavy atom. The van der Waals surface area contributed by atoms with Gasteiger partial charge in [-0.3, -0.25) is 0 Å². The highest BCUT2D eigenvalue weighted by Gasteiger charge is 2.19. The van der Waals surface area contributed by atoms with Gasteiger partial charge in [-0.25, -0.2) is 4.98 Å². The van der Waals surface area contributed by atoms with Crippen molar-refractivity contribution in [1.29, 1.82) is 0 Å². The summed E-state index contributed by atoms with van der Waals surface area (Å²) < 4.78 is 1.14. The molecule has 1 aliphatic rings. The maximum absolute atomic E-state index is 5.76. The predicted molar refractivity (Wildman–Crippen MR) is 71.5 cm³/mol. The zero-order chi connectivity index (χ0) is 11.8. The lowest BCUT2D eigenvalue weighted by atomic mass is 10.3. The molecule has 0 radical (unpaired) electrons. The Balaban J connectivity index is 2.01. The molecule has 0 unspecified atom stereocenters. The molecule has 1 aliphatic heterocycles. The van der Waals surface area contributed by atoms with E-state index in [1.807, 2.05) is 11.4 Å². The van der Waals surface area contributed by atoms with Crippen LogP contribution in [0.2, 0.25) is 0 Å². The van der Waals surface area contributed by atoms with E-state index in [1.54, 1.807) is 11.3 Å². The number of anilines is 2. The molecule has 5 nitrogen and oxygen atoms in total. The number of piperazine rings is 1. The Morgan fingerprint density at radius 3 is 2.76 bits per heavy atom. The predicted octanol–water partition coefficient (Wildman–Crippen LogP) is 1.03. The summed E-state index contributed by atoms with van der Waals surface area (Å²) in [6, 6.07) is 2.00. The van der Waals surface area contributed by atoms with E-state index in [1.165, 1.54) is 0 Å². The zero-order valence-corrected chi connectivity index (χ0v) is 10.6. The average Bonchev–Trinajstić information content (AvgIpc) is 2.77. The first-order valence-corrected chi connectivity index (χ1v) is 6.56. The van der Waals surface area contributed by atoms with Crippen LogP contribution in [0.4, 0.5) is 11.8 Å². The van der Waals surface area contributed by atoms with Gasteiger partial charge in [-0.05, 0) is 18.5 Å². The third-order valence-corrected chi connectivity index (χ3v) is 4.01. The molecule has 0 saturated carbocycles. The van der Waals surface area contributed by atoms with E-state index in [0.29, 0.717) is 5.95 Å². The number of nitrogens with zero attached hydrogens (tertiary/aromatic N) is 4. The highest BCUT2D eigenvalue weighted by atomic mass is 32.1. The van der Waals surface area contributed by atoms with Gasteiger partial charge in [0.2, 0.25) is 5.95 Å². The lowest BCUT2D eigenvalue weighted by Crippen LogP contribution is -2.44. The Bertz CT molecular complexity index is 530. The van der Waals surface area contributed by atoms with Crippen LogP contribution >= 0.6 is 11.3 Å². The van der Waals surface area contributed by atoms with E-state index >= 15 is 0 Å². The smallest absolute Gasteiger partial charge is 0.222 e. The summed E-state index contributed by atoms with van der Waals surface area (Å²) in [6.45, 7) is 4.13. The number of thiophene rings is 1. The number of rotatable bonds is 1. The number of hydrogen-bond acceptors (Lipinski definition) is 6. The fourth-order valence-corrected chi connectivity index (χ4v) is 2.95. The van der Waals surface area contributed by atoms with Gasteiger partial charge in [0.1, 0.15) is 0 Å². The first-order chi connectivity index (χ1) is 8.24. The average molecular weight is 249 g/mol. The van der Waals surface area contributed by atoms with Crippen molar-refractivity contribution in [2.45, 2.75) is 0 Å². The first kappa shape index (κ1) is 10.7. The highest BCUT2D eigenvalue weighted by molar-refractivity contribution is 7.17. The lowest BCUT2D eigenvalue weighted by molar-refractivity contribution is 0.312. The topological polar surface area (TPSA) is 58.3 Å². The van der Waals surface area contributed by atoms with Crippen LogP contribution in [0.1, 0.15) is 0 Å². The molecule has 0 amide bonds. The Morgan fingerprint density at radius 2 is 2.00 bits per heavy atom. The van der Waals surface area contributed by atoms with Crippen LogP contribution in [-0.4, -0.2) is 48.1 Å². The van der Waals surface area contributed by atoms with Gasteiger partial charge in [0, 0.05) is 26.2 Å². The minimum Gasteiger partial charge on any atom is -0.368 e. The molecule has 0 atom stereocenters. The van der Waals surface area contributed by atoms with Crippen LogP contribution < -0.4 is 10.6 Å². The summed E-state index contributed by atoms with van der Waals surface area (Å²) in [4.78, 5) is 13.3. The molecule has 17 heavy (non-hydrogen) atoms. The lowest BCUT2D eigenvalue weighted by Gasteiger charge is -2.33. The molecule has 0 aliphatic carbocycles. The highest BCUT2D eigenvalue weighted by Crippen LogP contribution is 2.29. The van der Waals surface area contributed by atoms with Gasteiger partial charge in [-0.2, -0.15) is 4.98 Å². The number of nitrogen functional groups attached to an aromatic ring is 1. The van der Waals surface area contributed by atoms with Crippen molar-refractivity contribution in [3.8, 4) is 0 Å². The minimum atomic E-state index is 0.366. The molecule has 2 N–H and O–H groups in total. The summed E-state index contributed by atoms with van der Waals surface area (Å²) in [7, 11) is 2.15. The Kier molecular flexibility index (Phi) is 2.60. The summed E-state index contributed by atoms with van der Waals surface area (Å²) in [5.74, 6) is 1.36. The number of hydrogen-bond donors (Lipinski definition) is 1. The van der Waals surface area contributed by atoms with Crippen molar-refractivity contribution in [3.05, 3.63) is 11.4 Å². The molecule has 0 aromatic carbocycles. The second-order valence-electron chi connectivity index (χ2n) is 4.33. The molecule has 2 aromatic rings. The number of nitrogens with two attached hydrogens (primary N) is 1. The molecule has 0 bridgehead atoms. The van der Waals surface area contributed by atoms with E-state index < -0.39 is 0 Å². The van der Waals surface area contributed by atoms with Crippen molar-refractivity contribution >= 4 is 33.3 Å². The monoisotopic (exact) mass is 249 g/mol. The van der Waals surface area contributed by atoms with Crippen LogP contribution in [-0.2, 0) is 0 Å². The standard InChI is InChI=1S/C11H15N5S/c1-15-3-5-16(6-4-15)10-9-8(2-7-17-9)13-11(12)14-10/h2,7H,3-6H2,1H3,(H2,12,13,14). The van der Waals surface area contributed by atoms with Gasteiger partial charge in [-0.15, -0.1) is 11.3 Å². The first-order valence-electron chi connectivity index (χ1n) is 5.68. The number of aromatic nitrogens is 2. The second kappa shape index (κ2) is 4.12. The molecule has 3 heterocycles. The van der Waals surface area contributed by atoms with Crippen LogP contribution in [0.5, 0.6) is 0 Å². The van der Waals surface area contributed by atoms with Gasteiger partial charge in [0.05, 0.1) is 10.2 Å². The minimum absolute atomic E-state index is 0.366. The summed E-state index contributed by atoms with van der Waals surface area (Å²) in [5.41, 5.74) is 6.72. The third-order valence-electron chi connectivity index (χ3n) is 3.11. The molecular weight excluding hydrogens is 234 g/mol. The molecular formula is C11H15N5S. The second-order valence-corrected chi connectivity index (χ2v) is 5.25. The zero-order valence-electron chi connectivity index (χ0n) is 9.76. The maximum atomic E-state index is 5.76. The van der Waals surface area contributed by atoms with Gasteiger partial charge in [0.25, 0.3) is 0 Å². The van der Waals surface area contributed by atoms with E-state index in [2.05, 4.69) is 26.8 Å². The van der Waals surface area contributed by atoms with Crippen molar-refractivity contribution in [2.75, 3.05) is 43.9 Å². The molecule has 1 fully saturated rings. The summed E-state index contributed by atoms with van der Waals surface area (Å²) in [5, 5.41) is 2.04. The van der Waals surface area contributed by atoms with Gasteiger partial charge in [0.15, 0.2) is 5.82 Å². The molecule has 6 heteroatoms.